The first kappa shape index (κ1) is 24.9. The van der Waals surface area contributed by atoms with Crippen molar-refractivity contribution in [3.63, 3.8) is 0 Å². The Morgan fingerprint density at radius 3 is 1.69 bits per heavy atom. The van der Waals surface area contributed by atoms with Gasteiger partial charge in [0.05, 0.1) is 0 Å². The summed E-state index contributed by atoms with van der Waals surface area (Å²) in [6, 6.07) is 14.6. The van der Waals surface area contributed by atoms with E-state index in [-0.39, 0.29) is 10.8 Å². The number of nitrogens with zero attached hydrogens (tertiary/aromatic N) is 1. The number of hydrogen-bond acceptors (Lipinski definition) is 0. The third-order valence-electron chi connectivity index (χ3n) is 7.92. The molecule has 0 saturated carbocycles. The zero-order valence-corrected chi connectivity index (χ0v) is 22.0. The highest BCUT2D eigenvalue weighted by Gasteiger charge is 2.23. The molecule has 0 aliphatic carbocycles. The fraction of sp³-hybridized carbons (Fsp3) is 0.613. The molecule has 0 spiro atoms. The molecule has 0 fully saturated rings. The second-order valence-electron chi connectivity index (χ2n) is 11.3. The molecule has 3 aromatic rings. The van der Waals surface area contributed by atoms with Gasteiger partial charge in [-0.15, -0.1) is 0 Å². The van der Waals surface area contributed by atoms with Gasteiger partial charge in [0, 0.05) is 28.4 Å². The van der Waals surface area contributed by atoms with Crippen LogP contribution in [0.2, 0.25) is 0 Å². The topological polar surface area (TPSA) is 4.93 Å². The lowest BCUT2D eigenvalue weighted by Gasteiger charge is -2.25. The number of aryl methyl sites for hydroxylation is 1. The fourth-order valence-electron chi connectivity index (χ4n) is 5.21. The summed E-state index contributed by atoms with van der Waals surface area (Å²) >= 11 is 0. The SMILES string of the molecule is CCCCCCCCn1c2ccc(C(C)(C)CC)cc2c2cc(C(C)(C)CCC)ccc21. The Morgan fingerprint density at radius 1 is 0.625 bits per heavy atom. The molecule has 32 heavy (non-hydrogen) atoms. The van der Waals surface area contributed by atoms with Gasteiger partial charge < -0.3 is 4.57 Å². The van der Waals surface area contributed by atoms with Crippen molar-refractivity contribution in [2.75, 3.05) is 0 Å². The summed E-state index contributed by atoms with van der Waals surface area (Å²) in [4.78, 5) is 0. The number of rotatable bonds is 12. The molecule has 3 rings (SSSR count). The minimum absolute atomic E-state index is 0.209. The Labute approximate surface area is 197 Å². The van der Waals surface area contributed by atoms with Crippen LogP contribution in [0.3, 0.4) is 0 Å². The van der Waals surface area contributed by atoms with Crippen molar-refractivity contribution in [1.29, 1.82) is 0 Å². The van der Waals surface area contributed by atoms with Crippen molar-refractivity contribution in [3.8, 4) is 0 Å². The summed E-state index contributed by atoms with van der Waals surface area (Å²) in [5.74, 6) is 0. The first-order chi connectivity index (χ1) is 15.2. The quantitative estimate of drug-likeness (QED) is 0.250. The minimum Gasteiger partial charge on any atom is -0.340 e. The Balaban J connectivity index is 2.06. The molecular weight excluding hydrogens is 386 g/mol. The molecule has 2 aromatic carbocycles. The van der Waals surface area contributed by atoms with Gasteiger partial charge in [-0.05, 0) is 65.5 Å². The average Bonchev–Trinajstić information content (AvgIpc) is 3.08. The highest BCUT2D eigenvalue weighted by Crippen LogP contribution is 2.38. The van der Waals surface area contributed by atoms with Crippen LogP contribution in [0.5, 0.6) is 0 Å². The van der Waals surface area contributed by atoms with Crippen LogP contribution in [-0.4, -0.2) is 4.57 Å². The molecule has 0 aliphatic rings. The molecule has 0 aliphatic heterocycles. The smallest absolute Gasteiger partial charge is 0.0491 e. The lowest BCUT2D eigenvalue weighted by atomic mass is 9.80. The molecule has 0 atom stereocenters. The van der Waals surface area contributed by atoms with E-state index in [9.17, 15) is 0 Å². The standard InChI is InChI=1S/C31H47N/c1-8-11-12-13-14-15-21-32-28-18-16-24(30(4,5)10-3)22-26(28)27-23-25(17-19-29(27)32)31(6,7)20-9-2/h16-19,22-23H,8-15,20-21H2,1-7H3. The van der Waals surface area contributed by atoms with Gasteiger partial charge >= 0.3 is 0 Å². The Bertz CT molecular complexity index is 1020. The van der Waals surface area contributed by atoms with Crippen LogP contribution >= 0.6 is 0 Å². The van der Waals surface area contributed by atoms with Crippen molar-refractivity contribution in [2.45, 2.75) is 124 Å². The normalized spacial score (nSPS) is 12.8. The predicted molar refractivity (Wildman–Crippen MR) is 144 cm³/mol. The van der Waals surface area contributed by atoms with Crippen LogP contribution in [0.4, 0.5) is 0 Å². The minimum atomic E-state index is 0.209. The van der Waals surface area contributed by atoms with E-state index in [0.717, 1.165) is 13.0 Å². The van der Waals surface area contributed by atoms with Gasteiger partial charge in [-0.3, -0.25) is 0 Å². The van der Waals surface area contributed by atoms with E-state index < -0.39 is 0 Å². The van der Waals surface area contributed by atoms with Gasteiger partial charge in [0.2, 0.25) is 0 Å². The van der Waals surface area contributed by atoms with Crippen molar-refractivity contribution < 1.29 is 0 Å². The molecule has 1 aromatic heterocycles. The largest absolute Gasteiger partial charge is 0.340 e. The Hall–Kier alpha value is -1.76. The molecule has 0 amide bonds. The lowest BCUT2D eigenvalue weighted by Crippen LogP contribution is -2.16. The second-order valence-corrected chi connectivity index (χ2v) is 11.3. The van der Waals surface area contributed by atoms with Crippen molar-refractivity contribution in [3.05, 3.63) is 47.5 Å². The number of benzene rings is 2. The highest BCUT2D eigenvalue weighted by atomic mass is 15.0. The van der Waals surface area contributed by atoms with Crippen molar-refractivity contribution >= 4 is 21.8 Å². The van der Waals surface area contributed by atoms with Crippen LogP contribution < -0.4 is 0 Å². The second kappa shape index (κ2) is 10.4. The van der Waals surface area contributed by atoms with Gasteiger partial charge in [0.1, 0.15) is 0 Å². The summed E-state index contributed by atoms with van der Waals surface area (Å²) in [5.41, 5.74) is 6.19. The van der Waals surface area contributed by atoms with E-state index in [2.05, 4.69) is 89.4 Å². The third kappa shape index (κ3) is 5.24. The van der Waals surface area contributed by atoms with Gasteiger partial charge in [-0.1, -0.05) is 99.1 Å². The molecule has 0 unspecified atom stereocenters. The zero-order valence-electron chi connectivity index (χ0n) is 22.0. The third-order valence-corrected chi connectivity index (χ3v) is 7.92. The lowest BCUT2D eigenvalue weighted by molar-refractivity contribution is 0.473. The van der Waals surface area contributed by atoms with Crippen LogP contribution in [0.15, 0.2) is 36.4 Å². The summed E-state index contributed by atoms with van der Waals surface area (Å²) < 4.78 is 2.60. The van der Waals surface area contributed by atoms with Gasteiger partial charge in [0.25, 0.3) is 0 Å². The number of fused-ring (bicyclic) bond motifs is 3. The van der Waals surface area contributed by atoms with Crippen LogP contribution in [0.1, 0.15) is 117 Å². The van der Waals surface area contributed by atoms with Crippen LogP contribution in [-0.2, 0) is 17.4 Å². The maximum absolute atomic E-state index is 2.60. The van der Waals surface area contributed by atoms with E-state index >= 15 is 0 Å². The summed E-state index contributed by atoms with van der Waals surface area (Å²) in [7, 11) is 0. The summed E-state index contributed by atoms with van der Waals surface area (Å²) in [6.07, 6.45) is 11.7. The molecule has 0 saturated heterocycles. The summed E-state index contributed by atoms with van der Waals surface area (Å²) in [5, 5.41) is 2.89. The molecular formula is C31H47N. The van der Waals surface area contributed by atoms with Crippen LogP contribution in [0, 0.1) is 0 Å². The maximum atomic E-state index is 2.60. The Morgan fingerprint density at radius 2 is 1.16 bits per heavy atom. The van der Waals surface area contributed by atoms with E-state index in [1.54, 1.807) is 0 Å². The monoisotopic (exact) mass is 433 g/mol. The van der Waals surface area contributed by atoms with Gasteiger partial charge in [-0.2, -0.15) is 0 Å². The van der Waals surface area contributed by atoms with Gasteiger partial charge in [0.15, 0.2) is 0 Å². The molecule has 1 heterocycles. The first-order valence-electron chi connectivity index (χ1n) is 13.3. The molecule has 0 N–H and O–H groups in total. The first-order valence-corrected chi connectivity index (χ1v) is 13.3. The Kier molecular flexibility index (Phi) is 8.12. The van der Waals surface area contributed by atoms with Crippen LogP contribution in [0.25, 0.3) is 21.8 Å². The average molecular weight is 434 g/mol. The fourth-order valence-corrected chi connectivity index (χ4v) is 5.21. The molecule has 1 heteroatoms. The molecule has 0 radical (unpaired) electrons. The maximum Gasteiger partial charge on any atom is 0.0491 e. The predicted octanol–water partition coefficient (Wildman–Crippen LogP) is 9.92. The van der Waals surface area contributed by atoms with Crippen molar-refractivity contribution in [2.24, 2.45) is 0 Å². The van der Waals surface area contributed by atoms with Gasteiger partial charge in [-0.25, -0.2) is 0 Å². The summed E-state index contributed by atoms with van der Waals surface area (Å²) in [6.45, 7) is 17.6. The van der Waals surface area contributed by atoms with E-state index in [4.69, 9.17) is 0 Å². The number of unbranched alkanes of at least 4 members (excludes halogenated alkanes) is 5. The van der Waals surface area contributed by atoms with E-state index in [1.165, 1.54) is 84.3 Å². The molecule has 1 nitrogen and oxygen atoms in total. The van der Waals surface area contributed by atoms with E-state index in [0.29, 0.717) is 0 Å². The zero-order chi connectivity index (χ0) is 23.4. The molecule has 176 valence electrons. The van der Waals surface area contributed by atoms with Crippen molar-refractivity contribution in [1.82, 2.24) is 4.57 Å². The molecule has 0 bridgehead atoms. The van der Waals surface area contributed by atoms with E-state index in [1.807, 2.05) is 0 Å². The number of hydrogen-bond donors (Lipinski definition) is 0. The highest BCUT2D eigenvalue weighted by molar-refractivity contribution is 6.08. The number of aromatic nitrogens is 1.